The first-order valence-corrected chi connectivity index (χ1v) is 8.43. The fourth-order valence-electron chi connectivity index (χ4n) is 3.23. The summed E-state index contributed by atoms with van der Waals surface area (Å²) in [5.41, 5.74) is 0.563. The van der Waals surface area contributed by atoms with Gasteiger partial charge in [-0.1, -0.05) is 25.1 Å². The molecule has 25 heavy (non-hydrogen) atoms. The molecule has 1 aromatic carbocycles. The number of amides is 2. The molecule has 0 radical (unpaired) electrons. The lowest BCUT2D eigenvalue weighted by molar-refractivity contribution is 0.183. The maximum Gasteiger partial charge on any atom is 0.323 e. The summed E-state index contributed by atoms with van der Waals surface area (Å²) >= 11 is 0. The number of urea groups is 1. The highest BCUT2D eigenvalue weighted by molar-refractivity contribution is 5.88. The molecule has 2 amide bonds. The van der Waals surface area contributed by atoms with E-state index in [9.17, 15) is 9.18 Å². The van der Waals surface area contributed by atoms with E-state index in [0.717, 1.165) is 6.42 Å². The van der Waals surface area contributed by atoms with Gasteiger partial charge in [-0.25, -0.2) is 9.18 Å². The van der Waals surface area contributed by atoms with E-state index in [4.69, 9.17) is 4.74 Å². The van der Waals surface area contributed by atoms with Gasteiger partial charge in [-0.15, -0.1) is 0 Å². The van der Waals surface area contributed by atoms with Gasteiger partial charge in [0, 0.05) is 31.5 Å². The number of ether oxygens (including phenoxy) is 1. The first-order valence-electron chi connectivity index (χ1n) is 8.43. The number of anilines is 1. The monoisotopic (exact) mass is 346 g/mol. The quantitative estimate of drug-likeness (QED) is 0.904. The van der Waals surface area contributed by atoms with Gasteiger partial charge in [-0.3, -0.25) is 10.00 Å². The zero-order valence-electron chi connectivity index (χ0n) is 14.5. The first-order chi connectivity index (χ1) is 12.1. The zero-order valence-corrected chi connectivity index (χ0v) is 14.5. The number of nitrogens with one attached hydrogen (secondary N) is 1. The molecule has 0 saturated carbocycles. The molecule has 1 aliphatic heterocycles. The van der Waals surface area contributed by atoms with E-state index in [2.05, 4.69) is 17.3 Å². The van der Waals surface area contributed by atoms with Crippen LogP contribution in [0.2, 0.25) is 0 Å². The van der Waals surface area contributed by atoms with Crippen molar-refractivity contribution in [1.29, 1.82) is 0 Å². The number of carbonyl (C=O) groups excluding carboxylic acids is 1. The third-order valence-corrected chi connectivity index (χ3v) is 4.44. The molecule has 1 saturated heterocycles. The number of hydrogen-bond donors (Lipinski definition) is 1. The number of aromatic nitrogens is 2. The molecule has 0 aliphatic carbocycles. The molecule has 0 unspecified atom stereocenters. The molecular formula is C18H23FN4O2. The fourth-order valence-corrected chi connectivity index (χ4v) is 3.23. The molecule has 6 nitrogen and oxygen atoms in total. The van der Waals surface area contributed by atoms with Crippen LogP contribution in [-0.4, -0.2) is 41.0 Å². The Kier molecular flexibility index (Phi) is 5.33. The second-order valence-electron chi connectivity index (χ2n) is 6.42. The third kappa shape index (κ3) is 3.99. The molecule has 1 fully saturated rings. The second-order valence-corrected chi connectivity index (χ2v) is 6.42. The number of methoxy groups -OCH3 is 1. The van der Waals surface area contributed by atoms with Crippen LogP contribution < -0.4 is 5.32 Å². The minimum atomic E-state index is -0.275. The van der Waals surface area contributed by atoms with Crippen molar-refractivity contribution in [2.45, 2.75) is 25.9 Å². The van der Waals surface area contributed by atoms with Crippen molar-refractivity contribution >= 4 is 11.8 Å². The van der Waals surface area contributed by atoms with E-state index >= 15 is 0 Å². The van der Waals surface area contributed by atoms with E-state index in [0.29, 0.717) is 37.0 Å². The standard InChI is InChI=1S/C18H23FN4O2/c1-13-11-16(14-5-3-4-6-15(14)19)23(12-13)18(24)20-17-7-8-22(21-17)9-10-25-2/h3-8,13,16H,9-12H2,1-2H3,(H,20,21,24)/t13-,16+/m1/s1. The molecule has 2 heterocycles. The van der Waals surface area contributed by atoms with Gasteiger partial charge in [0.1, 0.15) is 5.82 Å². The molecule has 2 atom stereocenters. The fraction of sp³-hybridized carbons (Fsp3) is 0.444. The van der Waals surface area contributed by atoms with Crippen LogP contribution >= 0.6 is 0 Å². The first kappa shape index (κ1) is 17.4. The predicted octanol–water partition coefficient (Wildman–Crippen LogP) is 3.28. The molecule has 3 rings (SSSR count). The van der Waals surface area contributed by atoms with Crippen molar-refractivity contribution in [2.24, 2.45) is 5.92 Å². The zero-order chi connectivity index (χ0) is 17.8. The average Bonchev–Trinajstić information content (AvgIpc) is 3.20. The Morgan fingerprint density at radius 3 is 2.96 bits per heavy atom. The molecule has 0 spiro atoms. The number of carbonyl (C=O) groups is 1. The number of rotatable bonds is 5. The lowest BCUT2D eigenvalue weighted by atomic mass is 10.0. The largest absolute Gasteiger partial charge is 0.383 e. The van der Waals surface area contributed by atoms with Crippen LogP contribution in [-0.2, 0) is 11.3 Å². The highest BCUT2D eigenvalue weighted by Crippen LogP contribution is 2.36. The highest BCUT2D eigenvalue weighted by atomic mass is 19.1. The lowest BCUT2D eigenvalue weighted by Crippen LogP contribution is -2.35. The second kappa shape index (κ2) is 7.65. The van der Waals surface area contributed by atoms with Gasteiger partial charge in [0.2, 0.25) is 0 Å². The summed E-state index contributed by atoms with van der Waals surface area (Å²) in [5, 5.41) is 7.11. The Morgan fingerprint density at radius 2 is 2.20 bits per heavy atom. The summed E-state index contributed by atoms with van der Waals surface area (Å²) < 4.78 is 20.9. The van der Waals surface area contributed by atoms with Crippen LogP contribution in [0.25, 0.3) is 0 Å². The SMILES string of the molecule is COCCn1ccc(NC(=O)N2C[C@H](C)C[C@H]2c2ccccc2F)n1. The van der Waals surface area contributed by atoms with Gasteiger partial charge in [-0.2, -0.15) is 5.10 Å². The van der Waals surface area contributed by atoms with Gasteiger partial charge in [0.05, 0.1) is 19.2 Å². The number of hydrogen-bond acceptors (Lipinski definition) is 3. The van der Waals surface area contributed by atoms with Crippen molar-refractivity contribution in [2.75, 3.05) is 25.6 Å². The van der Waals surface area contributed by atoms with Crippen LogP contribution in [0.5, 0.6) is 0 Å². The van der Waals surface area contributed by atoms with Crippen molar-refractivity contribution < 1.29 is 13.9 Å². The molecular weight excluding hydrogens is 323 g/mol. The number of halogens is 1. The van der Waals surface area contributed by atoms with Gasteiger partial charge in [0.15, 0.2) is 5.82 Å². The summed E-state index contributed by atoms with van der Waals surface area (Å²) in [6.07, 6.45) is 2.53. The Balaban J connectivity index is 1.71. The van der Waals surface area contributed by atoms with Crippen molar-refractivity contribution in [3.8, 4) is 0 Å². The van der Waals surface area contributed by atoms with E-state index < -0.39 is 0 Å². The number of nitrogens with zero attached hydrogens (tertiary/aromatic N) is 3. The minimum absolute atomic E-state index is 0.255. The van der Waals surface area contributed by atoms with E-state index in [-0.39, 0.29) is 17.9 Å². The normalized spacial score (nSPS) is 20.0. The summed E-state index contributed by atoms with van der Waals surface area (Å²) in [4.78, 5) is 14.4. The maximum absolute atomic E-state index is 14.2. The van der Waals surface area contributed by atoms with Gasteiger partial charge >= 0.3 is 6.03 Å². The van der Waals surface area contributed by atoms with E-state index in [1.807, 2.05) is 0 Å². The van der Waals surface area contributed by atoms with Gasteiger partial charge < -0.3 is 9.64 Å². The van der Waals surface area contributed by atoms with Gasteiger partial charge in [-0.05, 0) is 18.4 Å². The lowest BCUT2D eigenvalue weighted by Gasteiger charge is -2.25. The Hall–Kier alpha value is -2.41. The summed E-state index contributed by atoms with van der Waals surface area (Å²) in [6, 6.07) is 7.87. The molecule has 1 aliphatic rings. The molecule has 1 aromatic heterocycles. The van der Waals surface area contributed by atoms with Crippen LogP contribution in [0.3, 0.4) is 0 Å². The van der Waals surface area contributed by atoms with Crippen molar-refractivity contribution in [1.82, 2.24) is 14.7 Å². The van der Waals surface area contributed by atoms with Gasteiger partial charge in [0.25, 0.3) is 0 Å². The van der Waals surface area contributed by atoms with Crippen molar-refractivity contribution in [3.63, 3.8) is 0 Å². The Bertz CT molecular complexity index is 733. The molecule has 0 bridgehead atoms. The highest BCUT2D eigenvalue weighted by Gasteiger charge is 2.35. The Labute approximate surface area is 146 Å². The summed E-state index contributed by atoms with van der Waals surface area (Å²) in [6.45, 7) is 3.83. The molecule has 134 valence electrons. The average molecular weight is 346 g/mol. The van der Waals surface area contributed by atoms with Crippen LogP contribution in [0.1, 0.15) is 24.9 Å². The topological polar surface area (TPSA) is 59.4 Å². The van der Waals surface area contributed by atoms with E-state index in [1.54, 1.807) is 47.2 Å². The van der Waals surface area contributed by atoms with Crippen LogP contribution in [0, 0.1) is 11.7 Å². The number of likely N-dealkylation sites (tertiary alicyclic amines) is 1. The van der Waals surface area contributed by atoms with Crippen molar-refractivity contribution in [3.05, 3.63) is 47.9 Å². The molecule has 7 heteroatoms. The maximum atomic E-state index is 14.2. The number of benzene rings is 1. The smallest absolute Gasteiger partial charge is 0.323 e. The van der Waals surface area contributed by atoms with Crippen LogP contribution in [0.4, 0.5) is 15.0 Å². The minimum Gasteiger partial charge on any atom is -0.383 e. The third-order valence-electron chi connectivity index (χ3n) is 4.44. The van der Waals surface area contributed by atoms with E-state index in [1.165, 1.54) is 6.07 Å². The molecule has 2 aromatic rings. The Morgan fingerprint density at radius 1 is 1.40 bits per heavy atom. The van der Waals surface area contributed by atoms with Crippen LogP contribution in [0.15, 0.2) is 36.5 Å². The summed E-state index contributed by atoms with van der Waals surface area (Å²) in [7, 11) is 1.63. The predicted molar refractivity (Wildman–Crippen MR) is 92.7 cm³/mol. The molecule has 1 N–H and O–H groups in total. The summed E-state index contributed by atoms with van der Waals surface area (Å²) in [5.74, 6) is 0.519.